The molecule has 0 aliphatic heterocycles. The predicted molar refractivity (Wildman–Crippen MR) is 52.8 cm³/mol. The Kier molecular flexibility index (Phi) is 5.25. The van der Waals surface area contributed by atoms with Gasteiger partial charge in [0.1, 0.15) is 0 Å². The summed E-state index contributed by atoms with van der Waals surface area (Å²) in [4.78, 5) is 32.4. The molecular formula is C9H14N2O4. The van der Waals surface area contributed by atoms with E-state index in [9.17, 15) is 14.4 Å². The third-order valence-corrected chi connectivity index (χ3v) is 1.63. The van der Waals surface area contributed by atoms with Crippen molar-refractivity contribution in [2.45, 2.75) is 25.8 Å². The number of carboxylic acid groups (broad SMARTS) is 1. The van der Waals surface area contributed by atoms with E-state index in [2.05, 4.69) is 6.58 Å². The zero-order chi connectivity index (χ0) is 12.0. The Morgan fingerprint density at radius 1 is 1.47 bits per heavy atom. The van der Waals surface area contributed by atoms with E-state index in [0.29, 0.717) is 0 Å². The summed E-state index contributed by atoms with van der Waals surface area (Å²) in [5, 5.41) is 10.4. The number of carbonyl (C=O) groups is 3. The number of amides is 2. The largest absolute Gasteiger partial charge is 0.481 e. The van der Waals surface area contributed by atoms with Crippen molar-refractivity contribution in [2.75, 3.05) is 0 Å². The van der Waals surface area contributed by atoms with Crippen LogP contribution in [-0.4, -0.2) is 28.9 Å². The molecule has 0 aliphatic rings. The Balaban J connectivity index is 4.04. The molecule has 0 bridgehead atoms. The van der Waals surface area contributed by atoms with Crippen LogP contribution in [0.3, 0.4) is 0 Å². The first-order valence-corrected chi connectivity index (χ1v) is 4.32. The Labute approximate surface area is 87.1 Å². The molecule has 84 valence electrons. The zero-order valence-corrected chi connectivity index (χ0v) is 8.45. The van der Waals surface area contributed by atoms with Crippen molar-refractivity contribution in [1.82, 2.24) is 5.32 Å². The number of carbonyl (C=O) groups excluding carboxylic acids is 2. The molecule has 0 saturated carbocycles. The minimum atomic E-state index is -1.04. The number of hydrogen-bond acceptors (Lipinski definition) is 4. The van der Waals surface area contributed by atoms with Gasteiger partial charge in [-0.05, 0) is 13.3 Å². The van der Waals surface area contributed by atoms with E-state index in [0.717, 1.165) is 0 Å². The Hall–Kier alpha value is -1.69. The molecule has 6 heteroatoms. The monoisotopic (exact) mass is 214 g/mol. The highest BCUT2D eigenvalue weighted by Gasteiger charge is 2.17. The summed E-state index contributed by atoms with van der Waals surface area (Å²) in [7, 11) is 0. The van der Waals surface area contributed by atoms with Gasteiger partial charge < -0.3 is 10.8 Å². The number of nitrogens with one attached hydrogen (secondary N) is 1. The van der Waals surface area contributed by atoms with E-state index < -0.39 is 23.8 Å². The fraction of sp³-hybridized carbons (Fsp3) is 0.444. The molecule has 0 heterocycles. The first-order valence-electron chi connectivity index (χ1n) is 4.32. The zero-order valence-electron chi connectivity index (χ0n) is 8.45. The molecule has 6 nitrogen and oxygen atoms in total. The van der Waals surface area contributed by atoms with Gasteiger partial charge in [-0.25, -0.2) is 0 Å². The van der Waals surface area contributed by atoms with Gasteiger partial charge in [0, 0.05) is 12.0 Å². The smallest absolute Gasteiger partial charge is 0.303 e. The number of imide groups is 1. The number of rotatable bonds is 5. The van der Waals surface area contributed by atoms with E-state index in [1.807, 2.05) is 5.32 Å². The Bertz CT molecular complexity index is 298. The maximum absolute atomic E-state index is 11.2. The molecule has 0 unspecified atom stereocenters. The van der Waals surface area contributed by atoms with Crippen molar-refractivity contribution in [3.63, 3.8) is 0 Å². The van der Waals surface area contributed by atoms with Gasteiger partial charge in [0.05, 0.1) is 6.04 Å². The minimum absolute atomic E-state index is 0.00929. The van der Waals surface area contributed by atoms with E-state index >= 15 is 0 Å². The SMILES string of the molecule is C=C(C)C(=O)NC(=O)[C@@H](N)CCC(=O)O. The van der Waals surface area contributed by atoms with E-state index in [1.54, 1.807) is 0 Å². The van der Waals surface area contributed by atoms with Crippen molar-refractivity contribution < 1.29 is 19.5 Å². The van der Waals surface area contributed by atoms with Crippen molar-refractivity contribution in [2.24, 2.45) is 5.73 Å². The van der Waals surface area contributed by atoms with Gasteiger partial charge in [-0.2, -0.15) is 0 Å². The average Bonchev–Trinajstić information content (AvgIpc) is 2.13. The lowest BCUT2D eigenvalue weighted by Crippen LogP contribution is -2.43. The van der Waals surface area contributed by atoms with Gasteiger partial charge in [0.25, 0.3) is 5.91 Å². The molecule has 0 rings (SSSR count). The lowest BCUT2D eigenvalue weighted by molar-refractivity contribution is -0.137. The molecule has 0 aromatic rings. The highest BCUT2D eigenvalue weighted by molar-refractivity contribution is 6.05. The standard InChI is InChI=1S/C9H14N2O4/c1-5(2)8(14)11-9(15)6(10)3-4-7(12)13/h6H,1,3-4,10H2,2H3,(H,12,13)(H,11,14,15)/t6-/m0/s1. The molecule has 4 N–H and O–H groups in total. The van der Waals surface area contributed by atoms with Crippen LogP contribution in [0.4, 0.5) is 0 Å². The molecular weight excluding hydrogens is 200 g/mol. The molecule has 0 saturated heterocycles. The number of carboxylic acids is 1. The van der Waals surface area contributed by atoms with Gasteiger partial charge in [-0.3, -0.25) is 19.7 Å². The second kappa shape index (κ2) is 5.92. The van der Waals surface area contributed by atoms with Crippen LogP contribution in [0, 0.1) is 0 Å². The third-order valence-electron chi connectivity index (χ3n) is 1.63. The lowest BCUT2D eigenvalue weighted by Gasteiger charge is -2.09. The normalized spacial score (nSPS) is 11.6. The van der Waals surface area contributed by atoms with Crippen molar-refractivity contribution in [3.8, 4) is 0 Å². The van der Waals surface area contributed by atoms with Crippen LogP contribution in [-0.2, 0) is 14.4 Å². The van der Waals surface area contributed by atoms with Gasteiger partial charge >= 0.3 is 5.97 Å². The molecule has 15 heavy (non-hydrogen) atoms. The first kappa shape index (κ1) is 13.3. The second-order valence-electron chi connectivity index (χ2n) is 3.14. The maximum atomic E-state index is 11.2. The summed E-state index contributed by atoms with van der Waals surface area (Å²) in [5.41, 5.74) is 5.55. The minimum Gasteiger partial charge on any atom is -0.481 e. The topological polar surface area (TPSA) is 109 Å². The first-order chi connectivity index (χ1) is 6.84. The Morgan fingerprint density at radius 2 is 2.00 bits per heavy atom. The summed E-state index contributed by atoms with van der Waals surface area (Å²) < 4.78 is 0. The van der Waals surface area contributed by atoms with Crippen molar-refractivity contribution in [3.05, 3.63) is 12.2 Å². The van der Waals surface area contributed by atoms with Gasteiger partial charge in [0.15, 0.2) is 0 Å². The molecule has 0 aromatic heterocycles. The van der Waals surface area contributed by atoms with Crippen LogP contribution < -0.4 is 11.1 Å². The van der Waals surface area contributed by atoms with Crippen molar-refractivity contribution >= 4 is 17.8 Å². The van der Waals surface area contributed by atoms with E-state index in [4.69, 9.17) is 10.8 Å². The fourth-order valence-electron chi connectivity index (χ4n) is 0.721. The highest BCUT2D eigenvalue weighted by Crippen LogP contribution is 1.95. The summed E-state index contributed by atoms with van der Waals surface area (Å²) in [6, 6.07) is -0.996. The van der Waals surface area contributed by atoms with Crippen molar-refractivity contribution in [1.29, 1.82) is 0 Å². The highest BCUT2D eigenvalue weighted by atomic mass is 16.4. The van der Waals surface area contributed by atoms with E-state index in [1.165, 1.54) is 6.92 Å². The average molecular weight is 214 g/mol. The summed E-state index contributed by atoms with van der Waals surface area (Å²) in [6.45, 7) is 4.79. The summed E-state index contributed by atoms with van der Waals surface area (Å²) in [5.74, 6) is -2.33. The molecule has 0 fully saturated rings. The lowest BCUT2D eigenvalue weighted by atomic mass is 10.1. The predicted octanol–water partition coefficient (Wildman–Crippen LogP) is -0.603. The molecule has 2 amide bonds. The fourth-order valence-corrected chi connectivity index (χ4v) is 0.721. The van der Waals surface area contributed by atoms with Crippen LogP contribution in [0.25, 0.3) is 0 Å². The van der Waals surface area contributed by atoms with Crippen LogP contribution in [0.15, 0.2) is 12.2 Å². The maximum Gasteiger partial charge on any atom is 0.303 e. The van der Waals surface area contributed by atoms with Crippen LogP contribution in [0.2, 0.25) is 0 Å². The molecule has 0 spiro atoms. The summed E-state index contributed by atoms with van der Waals surface area (Å²) in [6.07, 6.45) is -0.222. The quantitative estimate of drug-likeness (QED) is 0.529. The number of nitrogens with two attached hydrogens (primary N) is 1. The second-order valence-corrected chi connectivity index (χ2v) is 3.14. The van der Waals surface area contributed by atoms with Crippen LogP contribution >= 0.6 is 0 Å². The molecule has 0 aromatic carbocycles. The Morgan fingerprint density at radius 3 is 2.40 bits per heavy atom. The summed E-state index contributed by atoms with van der Waals surface area (Å²) >= 11 is 0. The number of aliphatic carboxylic acids is 1. The number of hydrogen-bond donors (Lipinski definition) is 3. The van der Waals surface area contributed by atoms with Gasteiger partial charge in [-0.15, -0.1) is 0 Å². The van der Waals surface area contributed by atoms with Gasteiger partial charge in [-0.1, -0.05) is 6.58 Å². The van der Waals surface area contributed by atoms with Gasteiger partial charge in [0.2, 0.25) is 5.91 Å². The third kappa shape index (κ3) is 5.58. The molecule has 0 aliphatic carbocycles. The van der Waals surface area contributed by atoms with E-state index in [-0.39, 0.29) is 18.4 Å². The molecule has 1 atom stereocenters. The van der Waals surface area contributed by atoms with Crippen LogP contribution in [0.1, 0.15) is 19.8 Å². The van der Waals surface area contributed by atoms with Crippen LogP contribution in [0.5, 0.6) is 0 Å². The molecule has 0 radical (unpaired) electrons.